The van der Waals surface area contributed by atoms with Gasteiger partial charge in [-0.25, -0.2) is 8.42 Å². The summed E-state index contributed by atoms with van der Waals surface area (Å²) in [5.74, 6) is 0.484. The molecule has 0 radical (unpaired) electrons. The van der Waals surface area contributed by atoms with E-state index in [4.69, 9.17) is 4.74 Å². The Morgan fingerprint density at radius 1 is 0.939 bits per heavy atom. The predicted octanol–water partition coefficient (Wildman–Crippen LogP) is 4.50. The number of carbonyl (C=O) groups is 1. The number of hydrogen-bond donors (Lipinski definition) is 0. The van der Waals surface area contributed by atoms with Crippen LogP contribution in [0, 0.1) is 0 Å². The van der Waals surface area contributed by atoms with Gasteiger partial charge in [0.15, 0.2) is 0 Å². The monoisotopic (exact) mass is 470 g/mol. The fourth-order valence-electron chi connectivity index (χ4n) is 5.02. The molecule has 6 nitrogen and oxygen atoms in total. The minimum atomic E-state index is -3.69. The number of fused-ring (bicyclic) bond motifs is 2. The maximum atomic E-state index is 14.0. The molecule has 1 amide bonds. The van der Waals surface area contributed by atoms with E-state index in [0.717, 1.165) is 37.7 Å². The van der Waals surface area contributed by atoms with Gasteiger partial charge in [-0.2, -0.15) is 4.31 Å². The summed E-state index contributed by atoms with van der Waals surface area (Å²) in [6.45, 7) is 2.98. The molecule has 0 spiro atoms. The molecule has 2 aliphatic rings. The van der Waals surface area contributed by atoms with Crippen molar-refractivity contribution in [3.63, 3.8) is 0 Å². The topological polar surface area (TPSA) is 66.9 Å². The zero-order chi connectivity index (χ0) is 23.4. The lowest BCUT2D eigenvalue weighted by Gasteiger charge is -2.40. The van der Waals surface area contributed by atoms with Gasteiger partial charge >= 0.3 is 0 Å². The van der Waals surface area contributed by atoms with Crippen LogP contribution < -0.4 is 4.74 Å². The fourth-order valence-corrected chi connectivity index (χ4v) is 7.03. The molecule has 1 aliphatic carbocycles. The fraction of sp³-hybridized carbons (Fsp3) is 0.500. The number of benzene rings is 2. The Morgan fingerprint density at radius 3 is 2.45 bits per heavy atom. The SMILES string of the molecule is CCc1ccccc1S(=O)(=O)N1CCCCN(C)C(=O)c2ccccc2O[C@H]2CCCC[C@H]21. The quantitative estimate of drug-likeness (QED) is 0.663. The second-order valence-corrected chi connectivity index (χ2v) is 10.9. The largest absolute Gasteiger partial charge is 0.488 e. The van der Waals surface area contributed by atoms with Crippen LogP contribution in [0.1, 0.15) is 61.4 Å². The van der Waals surface area contributed by atoms with E-state index in [0.29, 0.717) is 42.1 Å². The molecule has 1 heterocycles. The molecule has 2 aromatic carbocycles. The molecular weight excluding hydrogens is 436 g/mol. The van der Waals surface area contributed by atoms with E-state index in [1.54, 1.807) is 34.5 Å². The molecule has 4 rings (SSSR count). The summed E-state index contributed by atoms with van der Waals surface area (Å²) in [6.07, 6.45) is 5.28. The molecule has 0 unspecified atom stereocenters. The zero-order valence-corrected chi connectivity index (χ0v) is 20.4. The van der Waals surface area contributed by atoms with E-state index in [2.05, 4.69) is 0 Å². The van der Waals surface area contributed by atoms with Crippen molar-refractivity contribution in [2.75, 3.05) is 20.1 Å². The summed E-state index contributed by atoms with van der Waals surface area (Å²) in [6, 6.07) is 14.4. The normalized spacial score (nSPS) is 23.0. The first-order chi connectivity index (χ1) is 15.9. The lowest BCUT2D eigenvalue weighted by molar-refractivity contribution is 0.0658. The van der Waals surface area contributed by atoms with Gasteiger partial charge in [-0.3, -0.25) is 4.79 Å². The van der Waals surface area contributed by atoms with E-state index in [1.807, 2.05) is 37.3 Å². The summed E-state index contributed by atoms with van der Waals surface area (Å²) in [5, 5.41) is 0. The average molecular weight is 471 g/mol. The Kier molecular flexibility index (Phi) is 7.39. The maximum Gasteiger partial charge on any atom is 0.257 e. The molecule has 0 aromatic heterocycles. The van der Waals surface area contributed by atoms with E-state index >= 15 is 0 Å². The van der Waals surface area contributed by atoms with E-state index in [-0.39, 0.29) is 18.1 Å². The summed E-state index contributed by atoms with van der Waals surface area (Å²) < 4.78 is 36.2. The van der Waals surface area contributed by atoms with Gasteiger partial charge in [-0.05, 0) is 62.3 Å². The van der Waals surface area contributed by atoms with Crippen LogP contribution >= 0.6 is 0 Å². The van der Waals surface area contributed by atoms with Crippen molar-refractivity contribution in [2.24, 2.45) is 0 Å². The Morgan fingerprint density at radius 2 is 1.64 bits per heavy atom. The first-order valence-electron chi connectivity index (χ1n) is 12.0. The number of carbonyl (C=O) groups excluding carboxylic acids is 1. The first-order valence-corrected chi connectivity index (χ1v) is 13.5. The van der Waals surface area contributed by atoms with Gasteiger partial charge < -0.3 is 9.64 Å². The number of nitrogens with zero attached hydrogens (tertiary/aromatic N) is 2. The molecule has 1 saturated carbocycles. The summed E-state index contributed by atoms with van der Waals surface area (Å²) in [5.41, 5.74) is 1.38. The number of hydrogen-bond acceptors (Lipinski definition) is 4. The molecule has 0 saturated heterocycles. The Bertz CT molecular complexity index is 1090. The van der Waals surface area contributed by atoms with Crippen molar-refractivity contribution in [2.45, 2.75) is 68.9 Å². The molecule has 1 fully saturated rings. The van der Waals surface area contributed by atoms with Crippen LogP contribution in [0.2, 0.25) is 0 Å². The number of aryl methyl sites for hydroxylation is 1. The van der Waals surface area contributed by atoms with Crippen LogP contribution in [0.25, 0.3) is 0 Å². The standard InChI is InChI=1S/C26H34N2O4S/c1-3-20-12-4-9-17-25(20)33(30,31)28-19-11-10-18-27(2)26(29)21-13-5-7-15-23(21)32-24-16-8-6-14-22(24)28/h4-5,7,9,12-13,15,17,22,24H,3,6,8,10-11,14,16,18-19H2,1-2H3/t22-,24+/m1/s1. The second-order valence-electron chi connectivity index (χ2n) is 9.02. The molecule has 2 atom stereocenters. The summed E-state index contributed by atoms with van der Waals surface area (Å²) >= 11 is 0. The van der Waals surface area contributed by atoms with Gasteiger partial charge in [0.25, 0.3) is 5.91 Å². The van der Waals surface area contributed by atoms with E-state index in [9.17, 15) is 13.2 Å². The van der Waals surface area contributed by atoms with Crippen molar-refractivity contribution in [3.05, 3.63) is 59.7 Å². The van der Waals surface area contributed by atoms with Gasteiger partial charge in [0.2, 0.25) is 10.0 Å². The van der Waals surface area contributed by atoms with Crippen LogP contribution in [0.15, 0.2) is 53.4 Å². The van der Waals surface area contributed by atoms with Crippen LogP contribution in [-0.2, 0) is 16.4 Å². The highest BCUT2D eigenvalue weighted by molar-refractivity contribution is 7.89. The maximum absolute atomic E-state index is 14.0. The number of amides is 1. The van der Waals surface area contributed by atoms with Gasteiger partial charge in [-0.15, -0.1) is 0 Å². The third-order valence-corrected chi connectivity index (χ3v) is 8.87. The van der Waals surface area contributed by atoms with Crippen molar-refractivity contribution in [3.8, 4) is 5.75 Å². The number of rotatable bonds is 3. The number of para-hydroxylation sites is 1. The molecule has 2 aromatic rings. The van der Waals surface area contributed by atoms with Gasteiger partial charge in [0.1, 0.15) is 11.9 Å². The third kappa shape index (κ3) is 4.94. The Labute approximate surface area is 197 Å². The minimum absolute atomic E-state index is 0.0557. The Balaban J connectivity index is 1.76. The van der Waals surface area contributed by atoms with Crippen LogP contribution in [0.5, 0.6) is 5.75 Å². The molecule has 1 aliphatic heterocycles. The van der Waals surface area contributed by atoms with Gasteiger partial charge in [0.05, 0.1) is 16.5 Å². The smallest absolute Gasteiger partial charge is 0.257 e. The summed E-state index contributed by atoms with van der Waals surface area (Å²) in [4.78, 5) is 15.1. The molecule has 7 heteroatoms. The van der Waals surface area contributed by atoms with Crippen LogP contribution in [0.3, 0.4) is 0 Å². The Hall–Kier alpha value is -2.38. The van der Waals surface area contributed by atoms with Gasteiger partial charge in [-0.1, -0.05) is 43.7 Å². The van der Waals surface area contributed by atoms with Crippen LogP contribution in [0.4, 0.5) is 0 Å². The lowest BCUT2D eigenvalue weighted by Crippen LogP contribution is -2.51. The van der Waals surface area contributed by atoms with E-state index < -0.39 is 10.0 Å². The van der Waals surface area contributed by atoms with Crippen molar-refractivity contribution in [1.82, 2.24) is 9.21 Å². The van der Waals surface area contributed by atoms with Crippen molar-refractivity contribution < 1.29 is 17.9 Å². The number of sulfonamides is 1. The van der Waals surface area contributed by atoms with Gasteiger partial charge in [0, 0.05) is 20.1 Å². The highest BCUT2D eigenvalue weighted by atomic mass is 32.2. The van der Waals surface area contributed by atoms with Crippen molar-refractivity contribution >= 4 is 15.9 Å². The molecular formula is C26H34N2O4S. The zero-order valence-electron chi connectivity index (χ0n) is 19.6. The molecule has 0 N–H and O–H groups in total. The lowest BCUT2D eigenvalue weighted by atomic mass is 9.92. The van der Waals surface area contributed by atoms with Crippen molar-refractivity contribution in [1.29, 1.82) is 0 Å². The second kappa shape index (κ2) is 10.3. The number of ether oxygens (including phenoxy) is 1. The molecule has 178 valence electrons. The average Bonchev–Trinajstić information content (AvgIpc) is 2.83. The summed E-state index contributed by atoms with van der Waals surface area (Å²) in [7, 11) is -1.90. The highest BCUT2D eigenvalue weighted by Crippen LogP contribution is 2.34. The highest BCUT2D eigenvalue weighted by Gasteiger charge is 2.40. The van der Waals surface area contributed by atoms with Crippen LogP contribution in [-0.4, -0.2) is 55.8 Å². The molecule has 33 heavy (non-hydrogen) atoms. The predicted molar refractivity (Wildman–Crippen MR) is 129 cm³/mol. The molecule has 0 bridgehead atoms. The van der Waals surface area contributed by atoms with E-state index in [1.165, 1.54) is 0 Å². The minimum Gasteiger partial charge on any atom is -0.488 e. The first kappa shape index (κ1) is 23.8. The third-order valence-electron chi connectivity index (χ3n) is 6.84.